The van der Waals surface area contributed by atoms with Gasteiger partial charge in [-0.05, 0) is 54.4 Å². The average Bonchev–Trinajstić information content (AvgIpc) is 3.08. The first-order chi connectivity index (χ1) is 16.2. The molecule has 0 aliphatic carbocycles. The van der Waals surface area contributed by atoms with Crippen LogP contribution in [0.25, 0.3) is 0 Å². The van der Waals surface area contributed by atoms with Crippen LogP contribution in [0.2, 0.25) is 0 Å². The standard InChI is InChI=1S/C22H22FN5O5S/c1-14-3-8-20(26-25-14)24-11-16-9-18(23)22(28-12-21(29)27-34(28,30)31)19(10-16)33-13-15-4-6-17(32-2)7-5-15/h3-10H,11-13H2,1-2H3,(H,24,26)(H,27,29). The molecule has 0 radical (unpaired) electrons. The number of halogens is 1. The summed E-state index contributed by atoms with van der Waals surface area (Å²) in [6, 6.07) is 13.3. The molecule has 1 fully saturated rings. The van der Waals surface area contributed by atoms with Crippen molar-refractivity contribution < 1.29 is 27.1 Å². The van der Waals surface area contributed by atoms with Gasteiger partial charge in [-0.2, -0.15) is 13.5 Å². The Bertz CT molecular complexity index is 1300. The maximum absolute atomic E-state index is 15.2. The number of benzene rings is 2. The summed E-state index contributed by atoms with van der Waals surface area (Å²) in [4.78, 5) is 11.7. The van der Waals surface area contributed by atoms with Crippen LogP contribution >= 0.6 is 0 Å². The average molecular weight is 488 g/mol. The van der Waals surface area contributed by atoms with E-state index in [2.05, 4.69) is 15.5 Å². The van der Waals surface area contributed by atoms with Crippen LogP contribution in [0, 0.1) is 12.7 Å². The molecule has 0 bridgehead atoms. The summed E-state index contributed by atoms with van der Waals surface area (Å²) in [6.07, 6.45) is 0. The van der Waals surface area contributed by atoms with E-state index in [0.717, 1.165) is 11.3 Å². The largest absolute Gasteiger partial charge is 0.497 e. The highest BCUT2D eigenvalue weighted by molar-refractivity contribution is 7.92. The number of rotatable bonds is 8. The summed E-state index contributed by atoms with van der Waals surface area (Å²) in [7, 11) is -2.69. The van der Waals surface area contributed by atoms with E-state index in [1.807, 2.05) is 11.6 Å². The summed E-state index contributed by atoms with van der Waals surface area (Å²) < 4.78 is 53.5. The number of aromatic nitrogens is 2. The van der Waals surface area contributed by atoms with E-state index in [1.165, 1.54) is 12.1 Å². The predicted molar refractivity (Wildman–Crippen MR) is 122 cm³/mol. The molecule has 178 valence electrons. The number of amides is 1. The Labute approximate surface area is 195 Å². The van der Waals surface area contributed by atoms with Gasteiger partial charge in [0, 0.05) is 6.54 Å². The molecule has 2 N–H and O–H groups in total. The van der Waals surface area contributed by atoms with Crippen molar-refractivity contribution in [1.29, 1.82) is 0 Å². The Morgan fingerprint density at radius 3 is 2.50 bits per heavy atom. The molecule has 0 atom stereocenters. The van der Waals surface area contributed by atoms with Crippen LogP contribution in [0.1, 0.15) is 16.8 Å². The van der Waals surface area contributed by atoms with Crippen LogP contribution in [0.3, 0.4) is 0 Å². The highest BCUT2D eigenvalue weighted by Crippen LogP contribution is 2.36. The number of nitrogens with zero attached hydrogens (tertiary/aromatic N) is 3. The van der Waals surface area contributed by atoms with Gasteiger partial charge in [-0.1, -0.05) is 12.1 Å². The predicted octanol–water partition coefficient (Wildman–Crippen LogP) is 2.30. The Balaban J connectivity index is 1.63. The monoisotopic (exact) mass is 487 g/mol. The second kappa shape index (κ2) is 9.51. The smallest absolute Gasteiger partial charge is 0.326 e. The van der Waals surface area contributed by atoms with Crippen molar-refractivity contribution in [3.8, 4) is 11.5 Å². The molecule has 2 heterocycles. The fraction of sp³-hybridized carbons (Fsp3) is 0.227. The lowest BCUT2D eigenvalue weighted by Crippen LogP contribution is -2.30. The summed E-state index contributed by atoms with van der Waals surface area (Å²) >= 11 is 0. The van der Waals surface area contributed by atoms with Gasteiger partial charge < -0.3 is 14.8 Å². The number of methoxy groups -OCH3 is 1. The van der Waals surface area contributed by atoms with Crippen LogP contribution in [-0.2, 0) is 28.2 Å². The highest BCUT2D eigenvalue weighted by Gasteiger charge is 2.37. The molecular formula is C22H22FN5O5S. The Kier molecular flexibility index (Phi) is 6.50. The van der Waals surface area contributed by atoms with Gasteiger partial charge in [0.15, 0.2) is 5.82 Å². The molecule has 0 unspecified atom stereocenters. The second-order valence-electron chi connectivity index (χ2n) is 7.51. The number of carbonyl (C=O) groups excluding carboxylic acids is 1. The molecule has 1 saturated heterocycles. The normalized spacial score (nSPS) is 14.6. The van der Waals surface area contributed by atoms with E-state index >= 15 is 4.39 Å². The molecule has 1 amide bonds. The van der Waals surface area contributed by atoms with Gasteiger partial charge in [0.2, 0.25) is 0 Å². The first kappa shape index (κ1) is 23.2. The molecule has 0 spiro atoms. The van der Waals surface area contributed by atoms with Crippen molar-refractivity contribution in [2.75, 3.05) is 23.3 Å². The van der Waals surface area contributed by atoms with Crippen molar-refractivity contribution in [3.05, 3.63) is 71.2 Å². The molecule has 1 aromatic heterocycles. The SMILES string of the molecule is COc1ccc(COc2cc(CNc3ccc(C)nn3)cc(F)c2N2CC(=O)NS2(=O)=O)cc1. The minimum atomic E-state index is -4.24. The zero-order valence-corrected chi connectivity index (χ0v) is 19.2. The van der Waals surface area contributed by atoms with Gasteiger partial charge in [0.1, 0.15) is 36.2 Å². The highest BCUT2D eigenvalue weighted by atomic mass is 32.2. The molecule has 2 aromatic carbocycles. The number of hydrogen-bond donors (Lipinski definition) is 2. The van der Waals surface area contributed by atoms with Gasteiger partial charge in [0.25, 0.3) is 5.91 Å². The van der Waals surface area contributed by atoms with Gasteiger partial charge in [-0.3, -0.25) is 4.79 Å². The third kappa shape index (κ3) is 5.17. The van der Waals surface area contributed by atoms with Gasteiger partial charge in [-0.15, -0.1) is 5.10 Å². The van der Waals surface area contributed by atoms with Crippen molar-refractivity contribution in [2.24, 2.45) is 0 Å². The van der Waals surface area contributed by atoms with Gasteiger partial charge in [0.05, 0.1) is 12.8 Å². The van der Waals surface area contributed by atoms with Crippen LogP contribution in [0.4, 0.5) is 15.9 Å². The van der Waals surface area contributed by atoms with Gasteiger partial charge in [-0.25, -0.2) is 13.4 Å². The van der Waals surface area contributed by atoms with E-state index in [9.17, 15) is 13.2 Å². The molecule has 34 heavy (non-hydrogen) atoms. The van der Waals surface area contributed by atoms with Crippen LogP contribution in [-0.4, -0.2) is 38.2 Å². The lowest BCUT2D eigenvalue weighted by Gasteiger charge is -2.21. The maximum atomic E-state index is 15.2. The van der Waals surface area contributed by atoms with E-state index < -0.39 is 28.5 Å². The number of nitrogens with one attached hydrogen (secondary N) is 2. The summed E-state index contributed by atoms with van der Waals surface area (Å²) in [5.41, 5.74) is 1.64. The number of hydrogen-bond acceptors (Lipinski definition) is 8. The summed E-state index contributed by atoms with van der Waals surface area (Å²) in [5, 5.41) is 11.0. The molecule has 4 rings (SSSR count). The quantitative estimate of drug-likeness (QED) is 0.496. The van der Waals surface area contributed by atoms with Crippen molar-refractivity contribution >= 4 is 27.6 Å². The zero-order valence-electron chi connectivity index (χ0n) is 18.4. The molecular weight excluding hydrogens is 465 g/mol. The molecule has 1 aliphatic rings. The Morgan fingerprint density at radius 2 is 1.88 bits per heavy atom. The third-order valence-electron chi connectivity index (χ3n) is 4.98. The topological polar surface area (TPSA) is 123 Å². The van der Waals surface area contributed by atoms with Crippen LogP contribution in [0.15, 0.2) is 48.5 Å². The Morgan fingerprint density at radius 1 is 1.12 bits per heavy atom. The molecule has 0 saturated carbocycles. The van der Waals surface area contributed by atoms with Crippen LogP contribution in [0.5, 0.6) is 11.5 Å². The van der Waals surface area contributed by atoms with Crippen molar-refractivity contribution in [2.45, 2.75) is 20.1 Å². The maximum Gasteiger partial charge on any atom is 0.326 e. The molecule has 10 nitrogen and oxygen atoms in total. The lowest BCUT2D eigenvalue weighted by molar-refractivity contribution is -0.117. The summed E-state index contributed by atoms with van der Waals surface area (Å²) in [6.45, 7) is 1.47. The van der Waals surface area contributed by atoms with Crippen molar-refractivity contribution in [1.82, 2.24) is 14.9 Å². The van der Waals surface area contributed by atoms with Crippen molar-refractivity contribution in [3.63, 3.8) is 0 Å². The van der Waals surface area contributed by atoms with E-state index in [1.54, 1.807) is 43.5 Å². The molecule has 1 aliphatic heterocycles. The van der Waals surface area contributed by atoms with E-state index in [-0.39, 0.29) is 24.6 Å². The van der Waals surface area contributed by atoms with E-state index in [0.29, 0.717) is 21.4 Å². The van der Waals surface area contributed by atoms with E-state index in [4.69, 9.17) is 9.47 Å². The number of aryl methyl sites for hydroxylation is 1. The Hall–Kier alpha value is -3.93. The minimum Gasteiger partial charge on any atom is -0.497 e. The molecule has 12 heteroatoms. The van der Waals surface area contributed by atoms with Crippen LogP contribution < -0.4 is 23.8 Å². The lowest BCUT2D eigenvalue weighted by atomic mass is 10.1. The number of anilines is 2. The second-order valence-corrected chi connectivity index (χ2v) is 9.11. The third-order valence-corrected chi connectivity index (χ3v) is 6.36. The van der Waals surface area contributed by atoms with Gasteiger partial charge >= 0.3 is 10.2 Å². The fourth-order valence-electron chi connectivity index (χ4n) is 3.30. The number of carbonyl (C=O) groups is 1. The zero-order chi connectivity index (χ0) is 24.3. The first-order valence-electron chi connectivity index (χ1n) is 10.2. The minimum absolute atomic E-state index is 0.0253. The number of ether oxygens (including phenoxy) is 2. The summed E-state index contributed by atoms with van der Waals surface area (Å²) in [5.74, 6) is -0.478. The first-order valence-corrected chi connectivity index (χ1v) is 11.6. The fourth-order valence-corrected chi connectivity index (χ4v) is 4.46. The molecule has 3 aromatic rings.